The van der Waals surface area contributed by atoms with Gasteiger partial charge < -0.3 is 5.32 Å². The summed E-state index contributed by atoms with van der Waals surface area (Å²) in [6.07, 6.45) is 4.37. The molecule has 0 spiro atoms. The van der Waals surface area contributed by atoms with Crippen molar-refractivity contribution in [2.45, 2.75) is 41.3 Å². The van der Waals surface area contributed by atoms with Crippen LogP contribution in [-0.4, -0.2) is 36.1 Å². The molecule has 1 saturated carbocycles. The fraction of sp³-hybridized carbons (Fsp3) is 0.562. The number of anilines is 1. The molecule has 0 unspecified atom stereocenters. The number of amides is 1. The Kier molecular flexibility index (Phi) is 5.12. The number of carbonyl (C=O) groups is 1. The predicted molar refractivity (Wildman–Crippen MR) is 94.8 cm³/mol. The van der Waals surface area contributed by atoms with Crippen molar-refractivity contribution in [3.63, 3.8) is 0 Å². The number of nitrogens with zero attached hydrogens (tertiary/aromatic N) is 1. The lowest BCUT2D eigenvalue weighted by atomic mass is 10.2. The summed E-state index contributed by atoms with van der Waals surface area (Å²) in [5.41, 5.74) is 0.533. The lowest BCUT2D eigenvalue weighted by molar-refractivity contribution is -0.117. The largest absolute Gasteiger partial charge is 0.326 e. The van der Waals surface area contributed by atoms with Crippen LogP contribution in [0.3, 0.4) is 0 Å². The summed E-state index contributed by atoms with van der Waals surface area (Å²) >= 11 is 11.7. The van der Waals surface area contributed by atoms with Crippen LogP contribution in [0.5, 0.6) is 0 Å². The number of sulfonamides is 1. The molecule has 1 heterocycles. The molecular formula is C16H20Cl2N2O3S. The molecule has 1 N–H and O–H groups in total. The van der Waals surface area contributed by atoms with E-state index in [1.165, 1.54) is 12.1 Å². The van der Waals surface area contributed by atoms with Gasteiger partial charge in [0.25, 0.3) is 0 Å². The van der Waals surface area contributed by atoms with E-state index < -0.39 is 20.3 Å². The highest BCUT2D eigenvalue weighted by molar-refractivity contribution is 7.89. The van der Waals surface area contributed by atoms with Crippen LogP contribution >= 0.6 is 23.2 Å². The monoisotopic (exact) mass is 390 g/mol. The molecule has 1 aromatic rings. The topological polar surface area (TPSA) is 66.5 Å². The average Bonchev–Trinajstić information content (AvgIpc) is 3.25. The van der Waals surface area contributed by atoms with Crippen molar-refractivity contribution < 1.29 is 13.2 Å². The van der Waals surface area contributed by atoms with Gasteiger partial charge in [0.2, 0.25) is 15.9 Å². The zero-order chi connectivity index (χ0) is 17.4. The van der Waals surface area contributed by atoms with Crippen molar-refractivity contribution in [1.29, 1.82) is 0 Å². The van der Waals surface area contributed by atoms with Crippen LogP contribution in [0.2, 0.25) is 0 Å². The van der Waals surface area contributed by atoms with E-state index in [1.807, 2.05) is 0 Å². The van der Waals surface area contributed by atoms with Crippen LogP contribution in [0.4, 0.5) is 5.69 Å². The van der Waals surface area contributed by atoms with Crippen molar-refractivity contribution in [2.24, 2.45) is 5.92 Å². The maximum absolute atomic E-state index is 12.7. The molecule has 1 aliphatic heterocycles. The van der Waals surface area contributed by atoms with Crippen molar-refractivity contribution in [3.8, 4) is 0 Å². The van der Waals surface area contributed by atoms with Gasteiger partial charge in [-0.05, 0) is 43.5 Å². The number of rotatable bonds is 4. The first kappa shape index (κ1) is 18.0. The van der Waals surface area contributed by atoms with Crippen LogP contribution in [0.25, 0.3) is 0 Å². The zero-order valence-corrected chi connectivity index (χ0v) is 15.5. The Bertz CT molecular complexity index is 711. The summed E-state index contributed by atoms with van der Waals surface area (Å²) < 4.78 is 25.9. The van der Waals surface area contributed by atoms with Crippen LogP contribution in [0.15, 0.2) is 29.2 Å². The first-order valence-electron chi connectivity index (χ1n) is 8.10. The van der Waals surface area contributed by atoms with Crippen LogP contribution in [0.1, 0.15) is 32.1 Å². The van der Waals surface area contributed by atoms with E-state index in [-0.39, 0.29) is 10.8 Å². The van der Waals surface area contributed by atoms with Crippen molar-refractivity contribution in [2.75, 3.05) is 18.4 Å². The molecule has 2 fully saturated rings. The molecule has 132 valence electrons. The standard InChI is InChI=1S/C16H20Cl2N2O3S/c17-16(18)11-14(16)15(21)19-12-5-7-13(8-6-12)24(22,23)20-9-3-1-2-4-10-20/h5-8,14H,1-4,9-11H2,(H,19,21)/t14-/m0/s1. The second-order valence-corrected chi connectivity index (χ2v) is 9.83. The second-order valence-electron chi connectivity index (χ2n) is 6.35. The molecule has 1 atom stereocenters. The van der Waals surface area contributed by atoms with E-state index in [0.717, 1.165) is 25.7 Å². The fourth-order valence-electron chi connectivity index (χ4n) is 2.87. The SMILES string of the molecule is O=C(Nc1ccc(S(=O)(=O)N2CCCCCC2)cc1)[C@@H]1CC1(Cl)Cl. The average molecular weight is 391 g/mol. The molecule has 1 aromatic carbocycles. The molecule has 3 rings (SSSR count). The van der Waals surface area contributed by atoms with Crippen LogP contribution in [-0.2, 0) is 14.8 Å². The quantitative estimate of drug-likeness (QED) is 0.801. The van der Waals surface area contributed by atoms with E-state index in [9.17, 15) is 13.2 Å². The highest BCUT2D eigenvalue weighted by atomic mass is 35.5. The van der Waals surface area contributed by atoms with Gasteiger partial charge in [0.05, 0.1) is 10.8 Å². The van der Waals surface area contributed by atoms with Crippen molar-refractivity contribution >= 4 is 44.8 Å². The van der Waals surface area contributed by atoms with Gasteiger partial charge >= 0.3 is 0 Å². The Labute approximate surface area is 152 Å². The Morgan fingerprint density at radius 3 is 2.12 bits per heavy atom. The molecule has 1 aliphatic carbocycles. The molecule has 5 nitrogen and oxygen atoms in total. The number of benzene rings is 1. The van der Waals surface area contributed by atoms with Gasteiger partial charge in [0.15, 0.2) is 0 Å². The molecule has 0 radical (unpaired) electrons. The van der Waals surface area contributed by atoms with E-state index in [0.29, 0.717) is 25.2 Å². The second kappa shape index (κ2) is 6.83. The predicted octanol–water partition coefficient (Wildman–Crippen LogP) is 3.38. The summed E-state index contributed by atoms with van der Waals surface area (Å²) in [4.78, 5) is 12.2. The molecule has 1 amide bonds. The van der Waals surface area contributed by atoms with E-state index in [2.05, 4.69) is 5.32 Å². The number of hydrogen-bond acceptors (Lipinski definition) is 3. The number of nitrogens with one attached hydrogen (secondary N) is 1. The van der Waals surface area contributed by atoms with Gasteiger partial charge in [-0.2, -0.15) is 4.31 Å². The Balaban J connectivity index is 1.68. The van der Waals surface area contributed by atoms with Gasteiger partial charge in [-0.15, -0.1) is 23.2 Å². The molecule has 0 bridgehead atoms. The lowest BCUT2D eigenvalue weighted by Gasteiger charge is -2.20. The van der Waals surface area contributed by atoms with Crippen LogP contribution in [0, 0.1) is 5.92 Å². The Morgan fingerprint density at radius 2 is 1.62 bits per heavy atom. The smallest absolute Gasteiger partial charge is 0.243 e. The Hall–Kier alpha value is -0.820. The van der Waals surface area contributed by atoms with Gasteiger partial charge in [0.1, 0.15) is 4.33 Å². The number of hydrogen-bond donors (Lipinski definition) is 1. The minimum absolute atomic E-state index is 0.247. The van der Waals surface area contributed by atoms with Crippen molar-refractivity contribution in [1.82, 2.24) is 4.31 Å². The number of carbonyl (C=O) groups excluding carboxylic acids is 1. The summed E-state index contributed by atoms with van der Waals surface area (Å²) in [6, 6.07) is 6.24. The van der Waals surface area contributed by atoms with E-state index in [1.54, 1.807) is 16.4 Å². The molecule has 1 saturated heterocycles. The number of halogens is 2. The summed E-state index contributed by atoms with van der Waals surface area (Å²) in [7, 11) is -3.47. The highest BCUT2D eigenvalue weighted by Gasteiger charge is 2.56. The lowest BCUT2D eigenvalue weighted by Crippen LogP contribution is -2.31. The van der Waals surface area contributed by atoms with E-state index >= 15 is 0 Å². The molecular weight excluding hydrogens is 371 g/mol. The normalized spacial score (nSPS) is 24.2. The summed E-state index contributed by atoms with van der Waals surface area (Å²) in [6.45, 7) is 1.13. The van der Waals surface area contributed by atoms with Gasteiger partial charge in [0, 0.05) is 18.8 Å². The Morgan fingerprint density at radius 1 is 1.08 bits per heavy atom. The molecule has 24 heavy (non-hydrogen) atoms. The van der Waals surface area contributed by atoms with Crippen LogP contribution < -0.4 is 5.32 Å². The molecule has 2 aliphatic rings. The zero-order valence-electron chi connectivity index (χ0n) is 13.2. The first-order chi connectivity index (χ1) is 11.3. The third-order valence-electron chi connectivity index (χ3n) is 4.47. The number of alkyl halides is 2. The van der Waals surface area contributed by atoms with E-state index in [4.69, 9.17) is 23.2 Å². The third kappa shape index (κ3) is 3.87. The van der Waals surface area contributed by atoms with Crippen molar-refractivity contribution in [3.05, 3.63) is 24.3 Å². The molecule has 0 aromatic heterocycles. The minimum atomic E-state index is -3.47. The maximum Gasteiger partial charge on any atom is 0.243 e. The summed E-state index contributed by atoms with van der Waals surface area (Å²) in [5, 5.41) is 2.71. The third-order valence-corrected chi connectivity index (χ3v) is 7.22. The first-order valence-corrected chi connectivity index (χ1v) is 10.3. The fourth-order valence-corrected chi connectivity index (χ4v) is 4.89. The van der Waals surface area contributed by atoms with Gasteiger partial charge in [-0.25, -0.2) is 8.42 Å². The maximum atomic E-state index is 12.7. The highest BCUT2D eigenvalue weighted by Crippen LogP contribution is 2.53. The molecule has 8 heteroatoms. The van der Waals surface area contributed by atoms with Gasteiger partial charge in [-0.1, -0.05) is 12.8 Å². The minimum Gasteiger partial charge on any atom is -0.326 e. The summed E-state index contributed by atoms with van der Waals surface area (Å²) in [5.74, 6) is -0.663. The van der Waals surface area contributed by atoms with Gasteiger partial charge in [-0.3, -0.25) is 4.79 Å².